The molecule has 1 aromatic heterocycles. The molecule has 2 aliphatic heterocycles. The molecule has 2 saturated heterocycles. The number of piperidine rings is 1. The second-order valence-corrected chi connectivity index (χ2v) is 4.58. The summed E-state index contributed by atoms with van der Waals surface area (Å²) < 4.78 is 5.56. The number of hydrogen-bond acceptors (Lipinski definition) is 4. The van der Waals surface area contributed by atoms with E-state index in [-0.39, 0.29) is 11.7 Å². The lowest BCUT2D eigenvalue weighted by Crippen LogP contribution is -2.44. The minimum Gasteiger partial charge on any atom is -0.440 e. The Kier molecular flexibility index (Phi) is 2.48. The van der Waals surface area contributed by atoms with E-state index >= 15 is 0 Å². The highest BCUT2D eigenvalue weighted by Gasteiger charge is 2.46. The monoisotopic (exact) mass is 233 g/mol. The van der Waals surface area contributed by atoms with E-state index in [1.165, 1.54) is 0 Å². The van der Waals surface area contributed by atoms with Gasteiger partial charge in [-0.1, -0.05) is 6.07 Å². The Bertz CT molecular complexity index is 415. The number of carbonyl (C=O) groups is 1. The van der Waals surface area contributed by atoms with Gasteiger partial charge < -0.3 is 10.1 Å². The molecule has 0 atom stereocenters. The van der Waals surface area contributed by atoms with Crippen LogP contribution in [0.15, 0.2) is 24.4 Å². The van der Waals surface area contributed by atoms with Crippen molar-refractivity contribution in [3.05, 3.63) is 24.4 Å². The van der Waals surface area contributed by atoms with Gasteiger partial charge in [0.05, 0.1) is 6.54 Å². The van der Waals surface area contributed by atoms with E-state index in [1.54, 1.807) is 11.1 Å². The molecule has 17 heavy (non-hydrogen) atoms. The van der Waals surface area contributed by atoms with Crippen LogP contribution < -0.4 is 10.2 Å². The number of amides is 1. The maximum absolute atomic E-state index is 11.9. The second kappa shape index (κ2) is 4.00. The molecule has 1 amide bonds. The number of hydrogen-bond donors (Lipinski definition) is 1. The molecule has 0 bridgehead atoms. The third-order valence-electron chi connectivity index (χ3n) is 3.41. The van der Waals surface area contributed by atoms with Crippen LogP contribution in [0.4, 0.5) is 10.6 Å². The van der Waals surface area contributed by atoms with Crippen LogP contribution in [0.5, 0.6) is 0 Å². The number of rotatable bonds is 1. The molecule has 3 rings (SSSR count). The van der Waals surface area contributed by atoms with Gasteiger partial charge in [-0.15, -0.1) is 0 Å². The first-order chi connectivity index (χ1) is 8.29. The smallest absolute Gasteiger partial charge is 0.416 e. The van der Waals surface area contributed by atoms with Crippen LogP contribution in [0.1, 0.15) is 12.8 Å². The summed E-state index contributed by atoms with van der Waals surface area (Å²) >= 11 is 0. The molecule has 0 unspecified atom stereocenters. The number of pyridine rings is 1. The highest BCUT2D eigenvalue weighted by Crippen LogP contribution is 2.33. The van der Waals surface area contributed by atoms with Crippen molar-refractivity contribution in [3.8, 4) is 0 Å². The summed E-state index contributed by atoms with van der Waals surface area (Å²) in [6, 6.07) is 5.55. The average molecular weight is 233 g/mol. The fraction of sp³-hybridized carbons (Fsp3) is 0.500. The minimum atomic E-state index is -0.306. The summed E-state index contributed by atoms with van der Waals surface area (Å²) in [5, 5.41) is 3.28. The van der Waals surface area contributed by atoms with E-state index in [0.29, 0.717) is 12.4 Å². The Balaban J connectivity index is 1.82. The molecular formula is C12H15N3O2. The van der Waals surface area contributed by atoms with Crippen molar-refractivity contribution >= 4 is 11.9 Å². The van der Waals surface area contributed by atoms with Crippen LogP contribution in [-0.4, -0.2) is 36.3 Å². The topological polar surface area (TPSA) is 54.5 Å². The molecule has 3 heterocycles. The van der Waals surface area contributed by atoms with Gasteiger partial charge in [0.2, 0.25) is 0 Å². The summed E-state index contributed by atoms with van der Waals surface area (Å²) in [5.41, 5.74) is -0.306. The Morgan fingerprint density at radius 3 is 2.88 bits per heavy atom. The predicted molar refractivity (Wildman–Crippen MR) is 62.9 cm³/mol. The number of nitrogens with zero attached hydrogens (tertiary/aromatic N) is 2. The zero-order valence-electron chi connectivity index (χ0n) is 9.56. The first-order valence-corrected chi connectivity index (χ1v) is 5.91. The summed E-state index contributed by atoms with van der Waals surface area (Å²) in [6.45, 7) is 2.43. The second-order valence-electron chi connectivity index (χ2n) is 4.58. The molecule has 5 heteroatoms. The lowest BCUT2D eigenvalue weighted by atomic mass is 9.92. The highest BCUT2D eigenvalue weighted by atomic mass is 16.6. The predicted octanol–water partition coefficient (Wildman–Crippen LogP) is 1.16. The van der Waals surface area contributed by atoms with Crippen LogP contribution >= 0.6 is 0 Å². The Hall–Kier alpha value is -1.62. The van der Waals surface area contributed by atoms with Gasteiger partial charge >= 0.3 is 6.09 Å². The van der Waals surface area contributed by atoms with Crippen LogP contribution in [-0.2, 0) is 4.74 Å². The fourth-order valence-corrected chi connectivity index (χ4v) is 2.46. The van der Waals surface area contributed by atoms with Crippen molar-refractivity contribution in [1.82, 2.24) is 10.3 Å². The van der Waals surface area contributed by atoms with E-state index in [9.17, 15) is 4.79 Å². The van der Waals surface area contributed by atoms with Gasteiger partial charge in [0.15, 0.2) is 0 Å². The number of carbonyl (C=O) groups excluding carboxylic acids is 1. The third-order valence-corrected chi connectivity index (χ3v) is 3.41. The van der Waals surface area contributed by atoms with Crippen molar-refractivity contribution in [1.29, 1.82) is 0 Å². The van der Waals surface area contributed by atoms with Gasteiger partial charge in [0.1, 0.15) is 11.4 Å². The number of ether oxygens (including phenoxy) is 1. The summed E-state index contributed by atoms with van der Waals surface area (Å²) in [5.74, 6) is 0.674. The van der Waals surface area contributed by atoms with Crippen LogP contribution in [0.25, 0.3) is 0 Å². The van der Waals surface area contributed by atoms with Crippen molar-refractivity contribution in [2.24, 2.45) is 0 Å². The third kappa shape index (κ3) is 1.86. The molecule has 5 nitrogen and oxygen atoms in total. The first-order valence-electron chi connectivity index (χ1n) is 5.91. The quantitative estimate of drug-likeness (QED) is 0.791. The van der Waals surface area contributed by atoms with Gasteiger partial charge in [0, 0.05) is 19.0 Å². The summed E-state index contributed by atoms with van der Waals surface area (Å²) in [7, 11) is 0. The molecule has 0 aromatic carbocycles. The lowest BCUT2D eigenvalue weighted by Gasteiger charge is -2.31. The standard InChI is InChI=1S/C12H15N3O2/c16-11-15(10-3-1-2-6-14-10)9-12(17-11)4-7-13-8-5-12/h1-3,6,13H,4-5,7-9H2. The molecule has 2 aliphatic rings. The Morgan fingerprint density at radius 2 is 2.18 bits per heavy atom. The van der Waals surface area contributed by atoms with Gasteiger partial charge in [-0.05, 0) is 25.2 Å². The Morgan fingerprint density at radius 1 is 1.35 bits per heavy atom. The van der Waals surface area contributed by atoms with Gasteiger partial charge in [-0.3, -0.25) is 4.90 Å². The van der Waals surface area contributed by atoms with Crippen LogP contribution in [0.2, 0.25) is 0 Å². The number of anilines is 1. The number of nitrogens with one attached hydrogen (secondary N) is 1. The van der Waals surface area contributed by atoms with Gasteiger partial charge in [-0.2, -0.15) is 0 Å². The highest BCUT2D eigenvalue weighted by molar-refractivity contribution is 5.89. The molecular weight excluding hydrogens is 218 g/mol. The normalized spacial score (nSPS) is 22.8. The number of aromatic nitrogens is 1. The van der Waals surface area contributed by atoms with E-state index in [0.717, 1.165) is 25.9 Å². The molecule has 0 saturated carbocycles. The molecule has 1 spiro atoms. The van der Waals surface area contributed by atoms with E-state index in [1.807, 2.05) is 18.2 Å². The summed E-state index contributed by atoms with van der Waals surface area (Å²) in [6.07, 6.45) is 3.17. The van der Waals surface area contributed by atoms with Crippen LogP contribution in [0.3, 0.4) is 0 Å². The molecule has 1 N–H and O–H groups in total. The summed E-state index contributed by atoms with van der Waals surface area (Å²) in [4.78, 5) is 17.7. The lowest BCUT2D eigenvalue weighted by molar-refractivity contribution is 0.0316. The Labute approximate surface area is 99.8 Å². The minimum absolute atomic E-state index is 0.273. The van der Waals surface area contributed by atoms with E-state index in [4.69, 9.17) is 4.74 Å². The fourth-order valence-electron chi connectivity index (χ4n) is 2.46. The molecule has 0 aliphatic carbocycles. The molecule has 90 valence electrons. The van der Waals surface area contributed by atoms with Gasteiger partial charge in [0.25, 0.3) is 0 Å². The van der Waals surface area contributed by atoms with E-state index < -0.39 is 0 Å². The zero-order chi connectivity index (χ0) is 11.7. The maximum Gasteiger partial charge on any atom is 0.416 e. The average Bonchev–Trinajstić information content (AvgIpc) is 2.68. The van der Waals surface area contributed by atoms with Crippen molar-refractivity contribution < 1.29 is 9.53 Å². The molecule has 2 fully saturated rings. The van der Waals surface area contributed by atoms with Crippen molar-refractivity contribution in [2.75, 3.05) is 24.5 Å². The molecule has 1 aromatic rings. The zero-order valence-corrected chi connectivity index (χ0v) is 9.56. The van der Waals surface area contributed by atoms with E-state index in [2.05, 4.69) is 10.3 Å². The maximum atomic E-state index is 11.9. The molecule has 0 radical (unpaired) electrons. The largest absolute Gasteiger partial charge is 0.440 e. The first kappa shape index (κ1) is 10.5. The van der Waals surface area contributed by atoms with Crippen LogP contribution in [0, 0.1) is 0 Å². The van der Waals surface area contributed by atoms with Crippen molar-refractivity contribution in [2.45, 2.75) is 18.4 Å². The SMILES string of the molecule is O=C1OC2(CCNCC2)CN1c1ccccn1. The van der Waals surface area contributed by atoms with Gasteiger partial charge in [-0.25, -0.2) is 9.78 Å². The van der Waals surface area contributed by atoms with Crippen molar-refractivity contribution in [3.63, 3.8) is 0 Å².